The normalized spacial score (nSPS) is 10.3. The highest BCUT2D eigenvalue weighted by Gasteiger charge is 2.07. The summed E-state index contributed by atoms with van der Waals surface area (Å²) in [6.45, 7) is 0.0673. The minimum Gasteiger partial charge on any atom is -0.493 e. The van der Waals surface area contributed by atoms with Gasteiger partial charge in [-0.05, 0) is 41.6 Å². The van der Waals surface area contributed by atoms with Crippen LogP contribution in [0.5, 0.6) is 11.5 Å². The molecule has 8 heteroatoms. The third kappa shape index (κ3) is 7.13. The number of carbonyl (C=O) groups is 2. The van der Waals surface area contributed by atoms with Gasteiger partial charge >= 0.3 is 5.97 Å². The van der Waals surface area contributed by atoms with Crippen LogP contribution in [0, 0.1) is 11.3 Å². The number of ether oxygens (including phenoxy) is 3. The highest BCUT2D eigenvalue weighted by molar-refractivity contribution is 7.09. The van der Waals surface area contributed by atoms with Crippen LogP contribution in [0.2, 0.25) is 0 Å². The van der Waals surface area contributed by atoms with Crippen molar-refractivity contribution in [3.05, 3.63) is 52.2 Å². The van der Waals surface area contributed by atoms with E-state index in [4.69, 9.17) is 19.5 Å². The lowest BCUT2D eigenvalue weighted by Gasteiger charge is -2.08. The van der Waals surface area contributed by atoms with E-state index in [1.807, 2.05) is 23.6 Å². The summed E-state index contributed by atoms with van der Waals surface area (Å²) in [4.78, 5) is 24.6. The van der Waals surface area contributed by atoms with E-state index in [2.05, 4.69) is 5.32 Å². The van der Waals surface area contributed by atoms with Crippen LogP contribution in [0.25, 0.3) is 6.08 Å². The monoisotopic (exact) mass is 400 g/mol. The SMILES string of the molecule is COc1cc(/C=C/C(=O)OCC(=O)NCCc2cccs2)ccc1OCC#N. The molecule has 0 unspecified atom stereocenters. The number of nitrogens with zero attached hydrogens (tertiary/aromatic N) is 1. The molecule has 1 aromatic heterocycles. The topological polar surface area (TPSA) is 97.7 Å². The van der Waals surface area contributed by atoms with Crippen molar-refractivity contribution >= 4 is 29.3 Å². The Morgan fingerprint density at radius 1 is 1.29 bits per heavy atom. The quantitative estimate of drug-likeness (QED) is 0.486. The maximum Gasteiger partial charge on any atom is 0.331 e. The zero-order valence-electron chi connectivity index (χ0n) is 15.3. The van der Waals surface area contributed by atoms with Crippen LogP contribution >= 0.6 is 11.3 Å². The number of hydrogen-bond donors (Lipinski definition) is 1. The molecule has 0 aliphatic carbocycles. The Hall–Kier alpha value is -3.31. The number of esters is 1. The molecule has 0 fully saturated rings. The summed E-state index contributed by atoms with van der Waals surface area (Å²) >= 11 is 1.63. The number of rotatable bonds is 10. The van der Waals surface area contributed by atoms with E-state index in [9.17, 15) is 9.59 Å². The highest BCUT2D eigenvalue weighted by Crippen LogP contribution is 2.28. The first-order valence-electron chi connectivity index (χ1n) is 8.44. The van der Waals surface area contributed by atoms with Gasteiger partial charge in [-0.25, -0.2) is 4.79 Å². The van der Waals surface area contributed by atoms with Gasteiger partial charge in [0.2, 0.25) is 0 Å². The van der Waals surface area contributed by atoms with Gasteiger partial charge in [0, 0.05) is 17.5 Å². The van der Waals surface area contributed by atoms with Crippen LogP contribution in [-0.2, 0) is 20.7 Å². The van der Waals surface area contributed by atoms with E-state index in [1.54, 1.807) is 29.5 Å². The largest absolute Gasteiger partial charge is 0.493 e. The first-order valence-corrected chi connectivity index (χ1v) is 9.32. The molecule has 0 atom stereocenters. The van der Waals surface area contributed by atoms with Gasteiger partial charge in [0.25, 0.3) is 5.91 Å². The number of methoxy groups -OCH3 is 1. The Bertz CT molecular complexity index is 856. The molecule has 0 saturated carbocycles. The maximum absolute atomic E-state index is 11.8. The molecule has 0 aliphatic heterocycles. The summed E-state index contributed by atoms with van der Waals surface area (Å²) in [5, 5.41) is 13.2. The van der Waals surface area contributed by atoms with Gasteiger partial charge in [-0.1, -0.05) is 12.1 Å². The van der Waals surface area contributed by atoms with Crippen molar-refractivity contribution in [2.75, 3.05) is 26.9 Å². The Labute approximate surface area is 167 Å². The van der Waals surface area contributed by atoms with Gasteiger partial charge in [-0.2, -0.15) is 5.26 Å². The molecule has 0 saturated heterocycles. The smallest absolute Gasteiger partial charge is 0.331 e. The minimum absolute atomic E-state index is 0.0900. The van der Waals surface area contributed by atoms with E-state index in [0.29, 0.717) is 23.6 Å². The second-order valence-electron chi connectivity index (χ2n) is 5.48. The molecule has 2 rings (SSSR count). The summed E-state index contributed by atoms with van der Waals surface area (Å²) in [7, 11) is 1.48. The van der Waals surface area contributed by atoms with Crippen LogP contribution in [0.3, 0.4) is 0 Å². The molecule has 0 radical (unpaired) electrons. The minimum atomic E-state index is -0.628. The molecule has 2 aromatic rings. The molecule has 1 amide bonds. The summed E-state index contributed by atoms with van der Waals surface area (Å²) in [5.41, 5.74) is 0.679. The average Bonchev–Trinajstić information content (AvgIpc) is 3.22. The zero-order chi connectivity index (χ0) is 20.2. The second kappa shape index (κ2) is 11.4. The number of hydrogen-bond acceptors (Lipinski definition) is 7. The van der Waals surface area contributed by atoms with Crippen molar-refractivity contribution in [2.45, 2.75) is 6.42 Å². The molecular weight excluding hydrogens is 380 g/mol. The summed E-state index contributed by atoms with van der Waals surface area (Å²) in [6, 6.07) is 10.8. The lowest BCUT2D eigenvalue weighted by atomic mass is 10.2. The molecule has 28 heavy (non-hydrogen) atoms. The van der Waals surface area contributed by atoms with Crippen molar-refractivity contribution < 1.29 is 23.8 Å². The van der Waals surface area contributed by atoms with Gasteiger partial charge in [0.05, 0.1) is 7.11 Å². The van der Waals surface area contributed by atoms with Crippen molar-refractivity contribution in [3.8, 4) is 17.6 Å². The predicted molar refractivity (Wildman–Crippen MR) is 105 cm³/mol. The fourth-order valence-corrected chi connectivity index (χ4v) is 2.91. The fourth-order valence-electron chi connectivity index (χ4n) is 2.20. The van der Waals surface area contributed by atoms with E-state index in [0.717, 1.165) is 6.42 Å². The Balaban J connectivity index is 1.76. The van der Waals surface area contributed by atoms with Crippen LogP contribution < -0.4 is 14.8 Å². The van der Waals surface area contributed by atoms with E-state index < -0.39 is 5.97 Å². The molecule has 1 aromatic carbocycles. The third-order valence-corrected chi connectivity index (χ3v) is 4.45. The van der Waals surface area contributed by atoms with Gasteiger partial charge < -0.3 is 19.5 Å². The van der Waals surface area contributed by atoms with Crippen LogP contribution in [0.4, 0.5) is 0 Å². The third-order valence-electron chi connectivity index (χ3n) is 3.51. The molecule has 0 aliphatic rings. The number of amides is 1. The summed E-state index contributed by atoms with van der Waals surface area (Å²) in [5.74, 6) is -0.102. The van der Waals surface area contributed by atoms with Gasteiger partial charge in [-0.3, -0.25) is 4.79 Å². The zero-order valence-corrected chi connectivity index (χ0v) is 16.2. The van der Waals surface area contributed by atoms with Gasteiger partial charge in [0.1, 0.15) is 6.07 Å². The lowest BCUT2D eigenvalue weighted by molar-refractivity contribution is -0.143. The van der Waals surface area contributed by atoms with E-state index in [-0.39, 0.29) is 19.1 Å². The average molecular weight is 400 g/mol. The number of carbonyl (C=O) groups excluding carboxylic acids is 2. The van der Waals surface area contributed by atoms with Gasteiger partial charge in [-0.15, -0.1) is 11.3 Å². The number of thiophene rings is 1. The van der Waals surface area contributed by atoms with Crippen molar-refractivity contribution in [1.82, 2.24) is 5.32 Å². The predicted octanol–water partition coefficient (Wildman–Crippen LogP) is 2.57. The summed E-state index contributed by atoms with van der Waals surface area (Å²) in [6.07, 6.45) is 3.50. The van der Waals surface area contributed by atoms with E-state index in [1.165, 1.54) is 24.1 Å². The molecular formula is C20H20N2O5S. The van der Waals surface area contributed by atoms with E-state index >= 15 is 0 Å². The molecule has 146 valence electrons. The maximum atomic E-state index is 11.8. The van der Waals surface area contributed by atoms with Crippen molar-refractivity contribution in [3.63, 3.8) is 0 Å². The highest BCUT2D eigenvalue weighted by atomic mass is 32.1. The van der Waals surface area contributed by atoms with Crippen molar-refractivity contribution in [1.29, 1.82) is 5.26 Å². The molecule has 1 N–H and O–H groups in total. The van der Waals surface area contributed by atoms with Crippen molar-refractivity contribution in [2.24, 2.45) is 0 Å². The molecule has 0 spiro atoms. The summed E-state index contributed by atoms with van der Waals surface area (Å²) < 4.78 is 15.3. The number of benzene rings is 1. The van der Waals surface area contributed by atoms with Crippen LogP contribution in [-0.4, -0.2) is 38.7 Å². The Kier molecular flexibility index (Phi) is 8.56. The van der Waals surface area contributed by atoms with Crippen LogP contribution in [0.15, 0.2) is 41.8 Å². The lowest BCUT2D eigenvalue weighted by Crippen LogP contribution is -2.30. The first-order chi connectivity index (χ1) is 13.6. The Morgan fingerprint density at radius 2 is 2.14 bits per heavy atom. The Morgan fingerprint density at radius 3 is 2.86 bits per heavy atom. The molecule has 1 heterocycles. The van der Waals surface area contributed by atoms with Gasteiger partial charge in [0.15, 0.2) is 24.7 Å². The standard InChI is InChI=1S/C20H20N2O5S/c1-25-18-13-15(4-6-17(18)26-11-9-21)5-7-20(24)27-14-19(23)22-10-8-16-3-2-12-28-16/h2-7,12-13H,8,10-11,14H2,1H3,(H,22,23)/b7-5+. The fraction of sp³-hybridized carbons (Fsp3) is 0.250. The number of nitrogens with one attached hydrogen (secondary N) is 1. The molecule has 7 nitrogen and oxygen atoms in total. The first kappa shape index (κ1) is 21.0. The number of nitriles is 1. The second-order valence-corrected chi connectivity index (χ2v) is 6.51. The molecule has 0 bridgehead atoms. The van der Waals surface area contributed by atoms with Crippen LogP contribution in [0.1, 0.15) is 10.4 Å².